The Balaban J connectivity index is 3.26. The van der Waals surface area contributed by atoms with E-state index in [0.717, 1.165) is 12.8 Å². The second kappa shape index (κ2) is 12.2. The van der Waals surface area contributed by atoms with Crippen molar-refractivity contribution in [2.45, 2.75) is 71.6 Å². The lowest BCUT2D eigenvalue weighted by molar-refractivity contribution is 0.147. The molecule has 0 bridgehead atoms. The Morgan fingerprint density at radius 2 is 1.28 bits per heavy atom. The molecule has 0 aliphatic carbocycles. The second-order valence-electron chi connectivity index (χ2n) is 4.61. The second-order valence-corrected chi connectivity index (χ2v) is 6.06. The molecule has 0 aromatic heterocycles. The van der Waals surface area contributed by atoms with Gasteiger partial charge in [0.05, 0.1) is 13.2 Å². The van der Waals surface area contributed by atoms with Gasteiger partial charge < -0.3 is 4.89 Å². The Hall–Kier alpha value is 0.110. The lowest BCUT2D eigenvalue weighted by Crippen LogP contribution is -1.98. The molecule has 18 heavy (non-hydrogen) atoms. The van der Waals surface area contributed by atoms with E-state index in [1.165, 1.54) is 38.5 Å². The number of rotatable bonds is 13. The maximum absolute atomic E-state index is 11.3. The highest BCUT2D eigenvalue weighted by Gasteiger charge is 2.19. The maximum atomic E-state index is 11.3. The predicted octanol–water partition coefficient (Wildman–Crippen LogP) is 4.67. The fourth-order valence-electron chi connectivity index (χ4n) is 1.66. The molecule has 0 fully saturated rings. The highest BCUT2D eigenvalue weighted by Crippen LogP contribution is 2.43. The Morgan fingerprint density at radius 1 is 0.778 bits per heavy atom. The summed E-state index contributed by atoms with van der Waals surface area (Å²) in [6.45, 7) is 4.68. The standard InChI is InChI=1S/C13H29O4P/c1-3-5-6-7-8-9-10-11-13-17-18(14,15)16-12-4-2/h3-13H2,1-2H3,(H,14,15). The molecule has 0 heterocycles. The largest absolute Gasteiger partial charge is 0.472 e. The van der Waals surface area contributed by atoms with Crippen LogP contribution in [0, 0.1) is 0 Å². The van der Waals surface area contributed by atoms with E-state index in [2.05, 4.69) is 6.92 Å². The molecule has 0 spiro atoms. The van der Waals surface area contributed by atoms with Gasteiger partial charge in [-0.2, -0.15) is 0 Å². The van der Waals surface area contributed by atoms with Crippen molar-refractivity contribution in [3.8, 4) is 0 Å². The van der Waals surface area contributed by atoms with Gasteiger partial charge in [-0.25, -0.2) is 4.57 Å². The van der Waals surface area contributed by atoms with E-state index in [1.54, 1.807) is 0 Å². The van der Waals surface area contributed by atoms with Gasteiger partial charge >= 0.3 is 7.82 Å². The smallest absolute Gasteiger partial charge is 0.302 e. The maximum Gasteiger partial charge on any atom is 0.472 e. The molecule has 0 rings (SSSR count). The van der Waals surface area contributed by atoms with Crippen LogP contribution in [0.15, 0.2) is 0 Å². The van der Waals surface area contributed by atoms with E-state index in [0.29, 0.717) is 13.0 Å². The van der Waals surface area contributed by atoms with Gasteiger partial charge in [0, 0.05) is 0 Å². The first kappa shape index (κ1) is 18.1. The van der Waals surface area contributed by atoms with Crippen LogP contribution in [-0.2, 0) is 13.6 Å². The summed E-state index contributed by atoms with van der Waals surface area (Å²) in [5.41, 5.74) is 0. The summed E-state index contributed by atoms with van der Waals surface area (Å²) in [6, 6.07) is 0. The summed E-state index contributed by atoms with van der Waals surface area (Å²) in [7, 11) is -3.78. The van der Waals surface area contributed by atoms with Crippen LogP contribution in [0.3, 0.4) is 0 Å². The van der Waals surface area contributed by atoms with Crippen LogP contribution < -0.4 is 0 Å². The van der Waals surface area contributed by atoms with Crippen LogP contribution in [0.4, 0.5) is 0 Å². The zero-order valence-corrected chi connectivity index (χ0v) is 12.8. The summed E-state index contributed by atoms with van der Waals surface area (Å²) in [6.07, 6.45) is 10.3. The van der Waals surface area contributed by atoms with E-state index >= 15 is 0 Å². The highest BCUT2D eigenvalue weighted by molar-refractivity contribution is 7.47. The van der Waals surface area contributed by atoms with E-state index in [1.807, 2.05) is 6.92 Å². The van der Waals surface area contributed by atoms with Gasteiger partial charge in [0.2, 0.25) is 0 Å². The van der Waals surface area contributed by atoms with Crippen LogP contribution in [0.25, 0.3) is 0 Å². The van der Waals surface area contributed by atoms with Crippen LogP contribution in [0.2, 0.25) is 0 Å². The Bertz CT molecular complexity index is 221. The highest BCUT2D eigenvalue weighted by atomic mass is 31.2. The van der Waals surface area contributed by atoms with Crippen molar-refractivity contribution >= 4 is 7.82 Å². The summed E-state index contributed by atoms with van der Waals surface area (Å²) < 4.78 is 20.9. The molecule has 0 aromatic carbocycles. The lowest BCUT2D eigenvalue weighted by atomic mass is 10.1. The number of phosphoric ester groups is 1. The van der Waals surface area contributed by atoms with E-state index < -0.39 is 7.82 Å². The Morgan fingerprint density at radius 3 is 1.83 bits per heavy atom. The van der Waals surface area contributed by atoms with Gasteiger partial charge in [-0.15, -0.1) is 0 Å². The minimum atomic E-state index is -3.78. The van der Waals surface area contributed by atoms with Gasteiger partial charge in [0.1, 0.15) is 0 Å². The summed E-state index contributed by atoms with van der Waals surface area (Å²) >= 11 is 0. The molecule has 1 atom stereocenters. The first-order valence-electron chi connectivity index (χ1n) is 7.24. The van der Waals surface area contributed by atoms with E-state index in [4.69, 9.17) is 9.05 Å². The van der Waals surface area contributed by atoms with Crippen molar-refractivity contribution in [3.05, 3.63) is 0 Å². The first-order chi connectivity index (χ1) is 8.62. The summed E-state index contributed by atoms with van der Waals surface area (Å²) in [4.78, 5) is 9.26. The van der Waals surface area contributed by atoms with Gasteiger partial charge in [0.25, 0.3) is 0 Å². The molecular formula is C13H29O4P. The number of phosphoric acid groups is 1. The third-order valence-corrected chi connectivity index (χ3v) is 3.73. The van der Waals surface area contributed by atoms with E-state index in [-0.39, 0.29) is 6.61 Å². The van der Waals surface area contributed by atoms with Crippen molar-refractivity contribution in [1.29, 1.82) is 0 Å². The predicted molar refractivity (Wildman–Crippen MR) is 74.6 cm³/mol. The minimum Gasteiger partial charge on any atom is -0.302 e. The summed E-state index contributed by atoms with van der Waals surface area (Å²) in [5.74, 6) is 0. The zero-order chi connectivity index (χ0) is 13.7. The fraction of sp³-hybridized carbons (Fsp3) is 1.00. The molecule has 110 valence electrons. The van der Waals surface area contributed by atoms with Gasteiger partial charge in [0.15, 0.2) is 0 Å². The van der Waals surface area contributed by atoms with Gasteiger partial charge in [-0.1, -0.05) is 58.8 Å². The van der Waals surface area contributed by atoms with Crippen molar-refractivity contribution in [2.75, 3.05) is 13.2 Å². The minimum absolute atomic E-state index is 0.269. The third kappa shape index (κ3) is 12.6. The molecule has 1 unspecified atom stereocenters. The average Bonchev–Trinajstić information content (AvgIpc) is 2.34. The zero-order valence-electron chi connectivity index (χ0n) is 11.9. The van der Waals surface area contributed by atoms with Gasteiger partial charge in [-0.3, -0.25) is 9.05 Å². The topological polar surface area (TPSA) is 55.8 Å². The molecule has 0 aliphatic heterocycles. The van der Waals surface area contributed by atoms with Crippen LogP contribution in [0.1, 0.15) is 71.6 Å². The SMILES string of the molecule is CCCCCCCCCCOP(=O)(O)OCCC. The number of unbranched alkanes of at least 4 members (excludes halogenated alkanes) is 7. The molecule has 0 saturated carbocycles. The average molecular weight is 280 g/mol. The molecule has 5 heteroatoms. The normalized spacial score (nSPS) is 14.6. The summed E-state index contributed by atoms with van der Waals surface area (Å²) in [5, 5.41) is 0. The van der Waals surface area contributed by atoms with Crippen molar-refractivity contribution in [3.63, 3.8) is 0 Å². The molecule has 0 aliphatic rings. The molecule has 0 saturated heterocycles. The first-order valence-corrected chi connectivity index (χ1v) is 8.73. The van der Waals surface area contributed by atoms with Crippen LogP contribution in [0.5, 0.6) is 0 Å². The monoisotopic (exact) mass is 280 g/mol. The Labute approximate surface area is 112 Å². The molecular weight excluding hydrogens is 251 g/mol. The number of hydrogen-bond acceptors (Lipinski definition) is 3. The van der Waals surface area contributed by atoms with E-state index in [9.17, 15) is 9.46 Å². The Kier molecular flexibility index (Phi) is 12.2. The quantitative estimate of drug-likeness (QED) is 0.393. The molecule has 1 N–H and O–H groups in total. The van der Waals surface area contributed by atoms with Crippen molar-refractivity contribution in [2.24, 2.45) is 0 Å². The number of hydrogen-bond donors (Lipinski definition) is 1. The van der Waals surface area contributed by atoms with Crippen molar-refractivity contribution < 1.29 is 18.5 Å². The van der Waals surface area contributed by atoms with Gasteiger partial charge in [-0.05, 0) is 12.8 Å². The van der Waals surface area contributed by atoms with Crippen LogP contribution in [-0.4, -0.2) is 18.1 Å². The third-order valence-electron chi connectivity index (χ3n) is 2.71. The lowest BCUT2D eigenvalue weighted by Gasteiger charge is -2.11. The van der Waals surface area contributed by atoms with Crippen molar-refractivity contribution in [1.82, 2.24) is 0 Å². The van der Waals surface area contributed by atoms with Crippen LogP contribution >= 0.6 is 7.82 Å². The molecule has 0 amide bonds. The fourth-order valence-corrected chi connectivity index (χ4v) is 2.51. The molecule has 0 aromatic rings. The molecule has 4 nitrogen and oxygen atoms in total. The molecule has 0 radical (unpaired) electrons.